The third kappa shape index (κ3) is 3.22. The zero-order valence-corrected chi connectivity index (χ0v) is 8.77. The summed E-state index contributed by atoms with van der Waals surface area (Å²) in [6, 6.07) is 5.83. The molecular formula is C11H15N3O. The summed E-state index contributed by atoms with van der Waals surface area (Å²) >= 11 is 0. The van der Waals surface area contributed by atoms with Gasteiger partial charge in [-0.05, 0) is 25.0 Å². The Kier molecular flexibility index (Phi) is 4.58. The predicted molar refractivity (Wildman–Crippen MR) is 58.4 cm³/mol. The molecule has 15 heavy (non-hydrogen) atoms. The molecule has 4 nitrogen and oxygen atoms in total. The van der Waals surface area contributed by atoms with E-state index in [1.54, 1.807) is 12.3 Å². The van der Waals surface area contributed by atoms with Crippen molar-refractivity contribution >= 4 is 5.69 Å². The summed E-state index contributed by atoms with van der Waals surface area (Å²) in [4.78, 5) is 3.96. The van der Waals surface area contributed by atoms with Crippen LogP contribution in [0.25, 0.3) is 0 Å². The summed E-state index contributed by atoms with van der Waals surface area (Å²) in [6.07, 6.45) is 3.17. The Morgan fingerprint density at radius 3 is 3.07 bits per heavy atom. The first-order chi connectivity index (χ1) is 7.31. The number of aliphatic hydroxyl groups is 1. The van der Waals surface area contributed by atoms with E-state index in [0.29, 0.717) is 12.1 Å². The predicted octanol–water partition coefficient (Wildman–Crippen LogP) is 1.53. The van der Waals surface area contributed by atoms with Gasteiger partial charge in [0.15, 0.2) is 5.69 Å². The van der Waals surface area contributed by atoms with Gasteiger partial charge in [-0.15, -0.1) is 0 Å². The van der Waals surface area contributed by atoms with E-state index in [-0.39, 0.29) is 12.6 Å². The fourth-order valence-electron chi connectivity index (χ4n) is 1.36. The van der Waals surface area contributed by atoms with Gasteiger partial charge in [-0.25, -0.2) is 4.98 Å². The molecule has 4 heteroatoms. The van der Waals surface area contributed by atoms with E-state index in [1.807, 2.05) is 19.1 Å². The standard InChI is InChI=1S/C11H15N3O/c1-2-9(5-7-15)14-10-4-3-6-13-11(10)8-12/h3-4,6,9,14-15H,2,5,7H2,1H3. The highest BCUT2D eigenvalue weighted by molar-refractivity contribution is 5.53. The zero-order chi connectivity index (χ0) is 11.1. The Bertz CT molecular complexity index is 346. The molecule has 2 N–H and O–H groups in total. The SMILES string of the molecule is CCC(CCO)Nc1cccnc1C#N. The van der Waals surface area contributed by atoms with E-state index < -0.39 is 0 Å². The third-order valence-corrected chi connectivity index (χ3v) is 2.24. The Balaban J connectivity index is 2.74. The molecule has 0 aliphatic rings. The first kappa shape index (κ1) is 11.5. The van der Waals surface area contributed by atoms with Gasteiger partial charge in [-0.2, -0.15) is 5.26 Å². The van der Waals surface area contributed by atoms with E-state index in [1.165, 1.54) is 0 Å². The van der Waals surface area contributed by atoms with Gasteiger partial charge >= 0.3 is 0 Å². The second-order valence-corrected chi connectivity index (χ2v) is 3.27. The molecule has 1 heterocycles. The van der Waals surface area contributed by atoms with Crippen LogP contribution in [-0.4, -0.2) is 22.7 Å². The van der Waals surface area contributed by atoms with Gasteiger partial charge in [0.1, 0.15) is 6.07 Å². The van der Waals surface area contributed by atoms with E-state index in [4.69, 9.17) is 10.4 Å². The van der Waals surface area contributed by atoms with Crippen LogP contribution in [-0.2, 0) is 0 Å². The number of nitrogens with zero attached hydrogens (tertiary/aromatic N) is 2. The lowest BCUT2D eigenvalue weighted by Crippen LogP contribution is -2.20. The summed E-state index contributed by atoms with van der Waals surface area (Å²) in [5.41, 5.74) is 1.13. The largest absolute Gasteiger partial charge is 0.396 e. The van der Waals surface area contributed by atoms with Crippen molar-refractivity contribution in [2.45, 2.75) is 25.8 Å². The Morgan fingerprint density at radius 2 is 2.47 bits per heavy atom. The number of aliphatic hydroxyl groups excluding tert-OH is 1. The van der Waals surface area contributed by atoms with Crippen molar-refractivity contribution in [3.63, 3.8) is 0 Å². The van der Waals surface area contributed by atoms with Crippen LogP contribution in [0.3, 0.4) is 0 Å². The summed E-state index contributed by atoms with van der Waals surface area (Å²) in [5.74, 6) is 0. The molecule has 1 aromatic heterocycles. The molecule has 0 fully saturated rings. The van der Waals surface area contributed by atoms with Gasteiger partial charge in [0.2, 0.25) is 0 Å². The van der Waals surface area contributed by atoms with Crippen LogP contribution in [0.4, 0.5) is 5.69 Å². The number of hydrogen-bond acceptors (Lipinski definition) is 4. The van der Waals surface area contributed by atoms with Crippen LogP contribution in [0.5, 0.6) is 0 Å². The molecule has 0 bridgehead atoms. The van der Waals surface area contributed by atoms with Crippen LogP contribution < -0.4 is 5.32 Å². The maximum atomic E-state index is 8.85. The maximum absolute atomic E-state index is 8.85. The minimum atomic E-state index is 0.146. The van der Waals surface area contributed by atoms with Gasteiger partial charge in [-0.1, -0.05) is 6.92 Å². The molecule has 1 rings (SSSR count). The summed E-state index contributed by atoms with van der Waals surface area (Å²) in [6.45, 7) is 2.18. The molecule has 0 amide bonds. The average Bonchev–Trinajstić information content (AvgIpc) is 2.29. The first-order valence-electron chi connectivity index (χ1n) is 5.04. The highest BCUT2D eigenvalue weighted by Crippen LogP contribution is 2.14. The van der Waals surface area contributed by atoms with Crippen molar-refractivity contribution < 1.29 is 5.11 Å². The quantitative estimate of drug-likeness (QED) is 0.764. The van der Waals surface area contributed by atoms with Crippen molar-refractivity contribution in [2.24, 2.45) is 0 Å². The number of anilines is 1. The van der Waals surface area contributed by atoms with Gasteiger partial charge in [0, 0.05) is 18.8 Å². The van der Waals surface area contributed by atoms with E-state index >= 15 is 0 Å². The van der Waals surface area contributed by atoms with Crippen LogP contribution >= 0.6 is 0 Å². The van der Waals surface area contributed by atoms with E-state index in [2.05, 4.69) is 10.3 Å². The maximum Gasteiger partial charge on any atom is 0.163 e. The van der Waals surface area contributed by atoms with Gasteiger partial charge in [0.05, 0.1) is 5.69 Å². The lowest BCUT2D eigenvalue weighted by atomic mass is 10.1. The van der Waals surface area contributed by atoms with E-state index in [9.17, 15) is 0 Å². The lowest BCUT2D eigenvalue weighted by molar-refractivity contribution is 0.278. The van der Waals surface area contributed by atoms with Crippen molar-refractivity contribution in [1.82, 2.24) is 4.98 Å². The van der Waals surface area contributed by atoms with Crippen LogP contribution in [0.1, 0.15) is 25.5 Å². The van der Waals surface area contributed by atoms with E-state index in [0.717, 1.165) is 12.1 Å². The average molecular weight is 205 g/mol. The molecule has 1 atom stereocenters. The first-order valence-corrected chi connectivity index (χ1v) is 5.04. The number of nitriles is 1. The van der Waals surface area contributed by atoms with Crippen LogP contribution in [0, 0.1) is 11.3 Å². The molecule has 0 aromatic carbocycles. The number of rotatable bonds is 5. The number of aromatic nitrogens is 1. The molecule has 0 saturated carbocycles. The molecule has 0 aliphatic carbocycles. The second-order valence-electron chi connectivity index (χ2n) is 3.27. The fraction of sp³-hybridized carbons (Fsp3) is 0.455. The summed E-state index contributed by atoms with van der Waals surface area (Å²) < 4.78 is 0. The van der Waals surface area contributed by atoms with Gasteiger partial charge in [-0.3, -0.25) is 0 Å². The normalized spacial score (nSPS) is 11.8. The highest BCUT2D eigenvalue weighted by atomic mass is 16.3. The number of pyridine rings is 1. The molecule has 0 spiro atoms. The number of nitrogens with one attached hydrogen (secondary N) is 1. The molecule has 0 radical (unpaired) electrons. The van der Waals surface area contributed by atoms with Crippen molar-refractivity contribution in [3.8, 4) is 6.07 Å². The summed E-state index contributed by atoms with van der Waals surface area (Å²) in [5, 5.41) is 20.9. The molecule has 0 saturated heterocycles. The van der Waals surface area contributed by atoms with Gasteiger partial charge in [0.25, 0.3) is 0 Å². The molecular weight excluding hydrogens is 190 g/mol. The van der Waals surface area contributed by atoms with Crippen molar-refractivity contribution in [3.05, 3.63) is 24.0 Å². The zero-order valence-electron chi connectivity index (χ0n) is 8.77. The smallest absolute Gasteiger partial charge is 0.163 e. The van der Waals surface area contributed by atoms with Crippen LogP contribution in [0.15, 0.2) is 18.3 Å². The fourth-order valence-corrected chi connectivity index (χ4v) is 1.36. The summed E-state index contributed by atoms with van der Waals surface area (Å²) in [7, 11) is 0. The Labute approximate surface area is 89.6 Å². The molecule has 1 aromatic rings. The minimum Gasteiger partial charge on any atom is -0.396 e. The minimum absolute atomic E-state index is 0.146. The van der Waals surface area contributed by atoms with Crippen molar-refractivity contribution in [2.75, 3.05) is 11.9 Å². The van der Waals surface area contributed by atoms with Crippen LogP contribution in [0.2, 0.25) is 0 Å². The monoisotopic (exact) mass is 205 g/mol. The highest BCUT2D eigenvalue weighted by Gasteiger charge is 2.08. The Hall–Kier alpha value is -1.60. The second kappa shape index (κ2) is 5.99. The topological polar surface area (TPSA) is 68.9 Å². The molecule has 0 aliphatic heterocycles. The molecule has 80 valence electrons. The Morgan fingerprint density at radius 1 is 1.67 bits per heavy atom. The third-order valence-electron chi connectivity index (χ3n) is 2.24. The number of hydrogen-bond donors (Lipinski definition) is 2. The van der Waals surface area contributed by atoms with Gasteiger partial charge < -0.3 is 10.4 Å². The molecule has 1 unspecified atom stereocenters. The van der Waals surface area contributed by atoms with Crippen molar-refractivity contribution in [1.29, 1.82) is 5.26 Å². The lowest BCUT2D eigenvalue weighted by Gasteiger charge is -2.17.